The molecule has 0 saturated heterocycles. The van der Waals surface area contributed by atoms with Gasteiger partial charge in [-0.3, -0.25) is 19.2 Å². The van der Waals surface area contributed by atoms with Crippen LogP contribution in [0, 0.1) is 5.92 Å². The average Bonchev–Trinajstić information content (AvgIpc) is 3.38. The zero-order chi connectivity index (χ0) is 29.2. The summed E-state index contributed by atoms with van der Waals surface area (Å²) in [7, 11) is 0. The lowest BCUT2D eigenvalue weighted by molar-refractivity contribution is -0.139. The molecule has 3 amide bonds. The molecule has 5 N–H and O–H groups in total. The number of carbonyl (C=O) groups excluding carboxylic acids is 4. The Labute approximate surface area is 228 Å². The lowest BCUT2D eigenvalue weighted by Gasteiger charge is -2.19. The van der Waals surface area contributed by atoms with E-state index in [1.54, 1.807) is 62.4 Å². The first kappa shape index (κ1) is 29.4. The Morgan fingerprint density at radius 3 is 2.33 bits per heavy atom. The summed E-state index contributed by atoms with van der Waals surface area (Å²) in [4.78, 5) is 62.0. The lowest BCUT2D eigenvalue weighted by atomic mass is 10.0. The van der Waals surface area contributed by atoms with Crippen molar-refractivity contribution in [2.45, 2.75) is 45.5 Å². The quantitative estimate of drug-likeness (QED) is 0.236. The van der Waals surface area contributed by atoms with E-state index in [-0.39, 0.29) is 29.5 Å². The molecule has 14 nitrogen and oxygen atoms in total. The Kier molecular flexibility index (Phi) is 10.00. The van der Waals surface area contributed by atoms with E-state index in [0.717, 1.165) is 4.80 Å². The molecular weight excluding hydrogens is 522 g/mol. The highest BCUT2D eigenvalue weighted by atomic mass is 16.5. The summed E-state index contributed by atoms with van der Waals surface area (Å²) in [5.41, 5.74) is 6.52. The van der Waals surface area contributed by atoms with Crippen LogP contribution in [0.2, 0.25) is 0 Å². The minimum atomic E-state index is -1.42. The maximum atomic E-state index is 12.9. The Morgan fingerprint density at radius 2 is 1.68 bits per heavy atom. The summed E-state index contributed by atoms with van der Waals surface area (Å²) in [6, 6.07) is 12.8. The van der Waals surface area contributed by atoms with Crippen LogP contribution in [0.25, 0.3) is 11.4 Å². The number of amides is 3. The van der Waals surface area contributed by atoms with Crippen LogP contribution in [-0.4, -0.2) is 67.1 Å². The van der Waals surface area contributed by atoms with Crippen molar-refractivity contribution in [1.29, 1.82) is 0 Å². The lowest BCUT2D eigenvalue weighted by Crippen LogP contribution is -2.47. The van der Waals surface area contributed by atoms with Gasteiger partial charge in [-0.05, 0) is 22.8 Å². The standard InChI is InChI=1S/C26H29N7O7/c1-15(2)22(23(27)37)29-25(38)18-11-7-6-10-17(18)24-30-32-33(31-24)13-20(34)19(12-21(35)36)28-26(39)40-14-16-8-4-3-5-9-16/h3-11,15,19,22H,12-14H2,1-2H3,(H2,27,37)(H,28,39)(H,29,38)(H,35,36). The zero-order valence-corrected chi connectivity index (χ0v) is 21.8. The van der Waals surface area contributed by atoms with Gasteiger partial charge in [-0.1, -0.05) is 62.4 Å². The van der Waals surface area contributed by atoms with E-state index in [9.17, 15) is 29.1 Å². The summed E-state index contributed by atoms with van der Waals surface area (Å²) in [6.45, 7) is 2.89. The van der Waals surface area contributed by atoms with Gasteiger partial charge in [-0.15, -0.1) is 10.2 Å². The molecular formula is C26H29N7O7. The Morgan fingerprint density at radius 1 is 1.00 bits per heavy atom. The smallest absolute Gasteiger partial charge is 0.408 e. The van der Waals surface area contributed by atoms with Crippen molar-refractivity contribution < 1.29 is 33.8 Å². The fourth-order valence-electron chi connectivity index (χ4n) is 3.66. The monoisotopic (exact) mass is 551 g/mol. The minimum Gasteiger partial charge on any atom is -0.481 e. The van der Waals surface area contributed by atoms with Crippen LogP contribution in [0.4, 0.5) is 4.79 Å². The van der Waals surface area contributed by atoms with Crippen molar-refractivity contribution in [3.05, 3.63) is 65.7 Å². The van der Waals surface area contributed by atoms with Crippen molar-refractivity contribution >= 4 is 29.7 Å². The Bertz CT molecular complexity index is 1370. The number of rotatable bonds is 13. The molecule has 0 spiro atoms. The topological polar surface area (TPSA) is 208 Å². The van der Waals surface area contributed by atoms with Gasteiger partial charge in [0, 0.05) is 5.56 Å². The van der Waals surface area contributed by atoms with Crippen molar-refractivity contribution in [2.75, 3.05) is 0 Å². The number of hydrogen-bond donors (Lipinski definition) is 4. The highest BCUT2D eigenvalue weighted by Gasteiger charge is 2.27. The maximum Gasteiger partial charge on any atom is 0.408 e. The van der Waals surface area contributed by atoms with Gasteiger partial charge in [0.05, 0.1) is 12.0 Å². The third kappa shape index (κ3) is 8.18. The number of benzene rings is 2. The van der Waals surface area contributed by atoms with Crippen LogP contribution in [0.3, 0.4) is 0 Å². The first-order chi connectivity index (χ1) is 19.0. The number of nitrogens with zero attached hydrogens (tertiary/aromatic N) is 4. The number of alkyl carbamates (subject to hydrolysis) is 1. The molecule has 2 atom stereocenters. The third-order valence-electron chi connectivity index (χ3n) is 5.69. The molecule has 3 rings (SSSR count). The molecule has 1 aromatic heterocycles. The largest absolute Gasteiger partial charge is 0.481 e. The number of tetrazole rings is 1. The summed E-state index contributed by atoms with van der Waals surface area (Å²) in [6.07, 6.45) is -1.66. The van der Waals surface area contributed by atoms with Crippen LogP contribution in [0.5, 0.6) is 0 Å². The zero-order valence-electron chi connectivity index (χ0n) is 21.8. The summed E-state index contributed by atoms with van der Waals surface area (Å²) in [5, 5.41) is 26.0. The van der Waals surface area contributed by atoms with E-state index < -0.39 is 54.7 Å². The van der Waals surface area contributed by atoms with E-state index in [0.29, 0.717) is 5.56 Å². The first-order valence-corrected chi connectivity index (χ1v) is 12.2. The maximum absolute atomic E-state index is 12.9. The molecule has 0 aliphatic rings. The second kappa shape index (κ2) is 13.6. The van der Waals surface area contributed by atoms with E-state index in [4.69, 9.17) is 10.5 Å². The fraction of sp³-hybridized carbons (Fsp3) is 0.308. The van der Waals surface area contributed by atoms with Gasteiger partial charge in [-0.25, -0.2) is 4.79 Å². The van der Waals surface area contributed by atoms with Crippen LogP contribution < -0.4 is 16.4 Å². The number of nitrogens with one attached hydrogen (secondary N) is 2. The Hall–Kier alpha value is -5.14. The van der Waals surface area contributed by atoms with Gasteiger partial charge in [0.2, 0.25) is 11.7 Å². The van der Waals surface area contributed by atoms with E-state index in [1.807, 2.05) is 0 Å². The molecule has 40 heavy (non-hydrogen) atoms. The molecule has 2 aromatic carbocycles. The average molecular weight is 552 g/mol. The number of Topliss-reactive ketones (excluding diaryl/α,β-unsaturated/α-hetero) is 1. The van der Waals surface area contributed by atoms with Gasteiger partial charge in [0.1, 0.15) is 25.2 Å². The van der Waals surface area contributed by atoms with Gasteiger partial charge in [-0.2, -0.15) is 4.80 Å². The number of carbonyl (C=O) groups is 5. The molecule has 0 radical (unpaired) electrons. The van der Waals surface area contributed by atoms with Crippen molar-refractivity contribution in [1.82, 2.24) is 30.8 Å². The van der Waals surface area contributed by atoms with Crippen molar-refractivity contribution in [3.63, 3.8) is 0 Å². The number of ketones is 1. The number of aliphatic carboxylic acids is 1. The molecule has 14 heteroatoms. The summed E-state index contributed by atoms with van der Waals surface area (Å²) < 4.78 is 5.08. The number of hydrogen-bond acceptors (Lipinski definition) is 9. The summed E-state index contributed by atoms with van der Waals surface area (Å²) in [5.74, 6) is -3.54. The number of carboxylic acid groups (broad SMARTS) is 1. The predicted octanol–water partition coefficient (Wildman–Crippen LogP) is 0.919. The fourth-order valence-corrected chi connectivity index (χ4v) is 3.66. The van der Waals surface area contributed by atoms with Crippen molar-refractivity contribution in [2.24, 2.45) is 11.7 Å². The molecule has 0 bridgehead atoms. The first-order valence-electron chi connectivity index (χ1n) is 12.2. The van der Waals surface area contributed by atoms with E-state index in [2.05, 4.69) is 26.0 Å². The second-order valence-electron chi connectivity index (χ2n) is 9.11. The van der Waals surface area contributed by atoms with Gasteiger partial charge in [0.25, 0.3) is 5.91 Å². The van der Waals surface area contributed by atoms with Crippen LogP contribution in [0.1, 0.15) is 36.2 Å². The molecule has 1 heterocycles. The third-order valence-corrected chi connectivity index (χ3v) is 5.69. The molecule has 210 valence electrons. The van der Waals surface area contributed by atoms with Gasteiger partial charge in [0.15, 0.2) is 5.78 Å². The molecule has 0 saturated carbocycles. The molecule has 0 aliphatic heterocycles. The molecule has 0 fully saturated rings. The van der Waals surface area contributed by atoms with Crippen LogP contribution in [-0.2, 0) is 32.3 Å². The van der Waals surface area contributed by atoms with E-state index >= 15 is 0 Å². The molecule has 0 aliphatic carbocycles. The normalized spacial score (nSPS) is 12.3. The van der Waals surface area contributed by atoms with Crippen LogP contribution in [0.15, 0.2) is 54.6 Å². The SMILES string of the molecule is CC(C)C(NC(=O)c1ccccc1-c1nnn(CC(=O)C(CC(=O)O)NC(=O)OCc2ccccc2)n1)C(N)=O. The second-order valence-corrected chi connectivity index (χ2v) is 9.11. The number of carboxylic acids is 1. The minimum absolute atomic E-state index is 0.00346. The van der Waals surface area contributed by atoms with Gasteiger partial charge >= 0.3 is 12.1 Å². The number of nitrogens with two attached hydrogens (primary N) is 1. The molecule has 3 aromatic rings. The summed E-state index contributed by atoms with van der Waals surface area (Å²) >= 11 is 0. The number of ether oxygens (including phenoxy) is 1. The van der Waals surface area contributed by atoms with Crippen molar-refractivity contribution in [3.8, 4) is 11.4 Å². The molecule has 2 unspecified atom stereocenters. The van der Waals surface area contributed by atoms with E-state index in [1.165, 1.54) is 6.07 Å². The highest BCUT2D eigenvalue weighted by Crippen LogP contribution is 2.20. The Balaban J connectivity index is 1.70. The number of aromatic nitrogens is 4. The number of primary amides is 1. The predicted molar refractivity (Wildman–Crippen MR) is 139 cm³/mol. The van der Waals surface area contributed by atoms with Gasteiger partial charge < -0.3 is 26.2 Å². The highest BCUT2D eigenvalue weighted by molar-refractivity contribution is 6.02. The van der Waals surface area contributed by atoms with Crippen LogP contribution >= 0.6 is 0 Å².